The van der Waals surface area contributed by atoms with Gasteiger partial charge in [-0.05, 0) is 37.0 Å². The molecule has 0 N–H and O–H groups in total. The molecule has 3 aromatic rings. The van der Waals surface area contributed by atoms with Crippen LogP contribution in [-0.4, -0.2) is 51.5 Å². The number of ether oxygens (including phenoxy) is 1. The van der Waals surface area contributed by atoms with E-state index in [1.165, 1.54) is 17.3 Å². The Hall–Kier alpha value is -2.80. The van der Waals surface area contributed by atoms with E-state index >= 15 is 0 Å². The fourth-order valence-electron chi connectivity index (χ4n) is 3.70. The van der Waals surface area contributed by atoms with Crippen LogP contribution >= 0.6 is 11.8 Å². The molecule has 2 aromatic carbocycles. The summed E-state index contributed by atoms with van der Waals surface area (Å²) in [6.07, 6.45) is 3.05. The van der Waals surface area contributed by atoms with E-state index in [-0.39, 0.29) is 5.91 Å². The van der Waals surface area contributed by atoms with Gasteiger partial charge in [0.25, 0.3) is 0 Å². The van der Waals surface area contributed by atoms with E-state index in [1.54, 1.807) is 7.11 Å². The van der Waals surface area contributed by atoms with Crippen LogP contribution in [0.25, 0.3) is 11.4 Å². The Bertz CT molecular complexity index is 984. The topological polar surface area (TPSA) is 60.3 Å². The van der Waals surface area contributed by atoms with E-state index in [4.69, 9.17) is 4.74 Å². The van der Waals surface area contributed by atoms with Gasteiger partial charge in [-0.1, -0.05) is 54.2 Å². The van der Waals surface area contributed by atoms with Crippen LogP contribution in [0.5, 0.6) is 5.75 Å². The predicted octanol–water partition coefficient (Wildman–Crippen LogP) is 3.91. The molecule has 1 saturated heterocycles. The van der Waals surface area contributed by atoms with Gasteiger partial charge in [0.05, 0.1) is 18.4 Å². The van der Waals surface area contributed by atoms with Crippen molar-refractivity contribution in [3.8, 4) is 17.1 Å². The lowest BCUT2D eigenvalue weighted by atomic mass is 10.1. The van der Waals surface area contributed by atoms with Gasteiger partial charge in [-0.2, -0.15) is 0 Å². The van der Waals surface area contributed by atoms with Crippen molar-refractivity contribution in [1.29, 1.82) is 0 Å². The molecule has 6 nitrogen and oxygen atoms in total. The summed E-state index contributed by atoms with van der Waals surface area (Å²) in [5, 5.41) is 9.66. The van der Waals surface area contributed by atoms with Crippen molar-refractivity contribution in [2.24, 2.45) is 0 Å². The number of nitrogens with zero attached hydrogens (tertiary/aromatic N) is 4. The first-order valence-electron chi connectivity index (χ1n) is 10.3. The molecule has 1 aliphatic rings. The Morgan fingerprint density at radius 2 is 1.77 bits per heavy atom. The second-order valence-electron chi connectivity index (χ2n) is 7.27. The molecule has 2 heterocycles. The minimum absolute atomic E-state index is 0.175. The molecule has 7 heteroatoms. The molecule has 30 heavy (non-hydrogen) atoms. The molecule has 0 bridgehead atoms. The highest BCUT2D eigenvalue weighted by Gasteiger charge is 2.21. The molecule has 156 valence electrons. The molecular weight excluding hydrogens is 396 g/mol. The third kappa shape index (κ3) is 4.67. The summed E-state index contributed by atoms with van der Waals surface area (Å²) in [6, 6.07) is 18.2. The average Bonchev–Trinajstić information content (AvgIpc) is 3.47. The van der Waals surface area contributed by atoms with Crippen LogP contribution in [0.2, 0.25) is 0 Å². The van der Waals surface area contributed by atoms with E-state index in [9.17, 15) is 4.79 Å². The van der Waals surface area contributed by atoms with Gasteiger partial charge in [0.2, 0.25) is 5.91 Å². The number of hydrogen-bond donors (Lipinski definition) is 0. The largest absolute Gasteiger partial charge is 0.496 e. The SMILES string of the molecule is COc1ccccc1-c1nnc(SCC(=O)N2CCCC2)n1CCc1ccccc1. The van der Waals surface area contributed by atoms with Crippen LogP contribution in [0.1, 0.15) is 18.4 Å². The summed E-state index contributed by atoms with van der Waals surface area (Å²) in [5.41, 5.74) is 2.15. The van der Waals surface area contributed by atoms with Crippen molar-refractivity contribution in [1.82, 2.24) is 19.7 Å². The number of amides is 1. The number of likely N-dealkylation sites (tertiary alicyclic amines) is 1. The van der Waals surface area contributed by atoms with Crippen molar-refractivity contribution >= 4 is 17.7 Å². The van der Waals surface area contributed by atoms with Gasteiger partial charge in [0.15, 0.2) is 11.0 Å². The van der Waals surface area contributed by atoms with E-state index < -0.39 is 0 Å². The molecular formula is C23H26N4O2S. The molecule has 1 amide bonds. The normalized spacial score (nSPS) is 13.6. The van der Waals surface area contributed by atoms with Crippen LogP contribution in [0.15, 0.2) is 59.8 Å². The van der Waals surface area contributed by atoms with Gasteiger partial charge in [-0.3, -0.25) is 4.79 Å². The Morgan fingerprint density at radius 3 is 2.53 bits per heavy atom. The molecule has 0 spiro atoms. The van der Waals surface area contributed by atoms with Gasteiger partial charge in [-0.25, -0.2) is 0 Å². The van der Waals surface area contributed by atoms with Gasteiger partial charge in [0, 0.05) is 19.6 Å². The Labute approximate surface area is 181 Å². The molecule has 1 fully saturated rings. The first-order valence-corrected chi connectivity index (χ1v) is 11.3. The fourth-order valence-corrected chi connectivity index (χ4v) is 4.56. The minimum Gasteiger partial charge on any atom is -0.496 e. The number of carbonyl (C=O) groups is 1. The molecule has 1 aromatic heterocycles. The molecule has 0 radical (unpaired) electrons. The number of benzene rings is 2. The number of carbonyl (C=O) groups excluding carboxylic acids is 1. The molecule has 1 aliphatic heterocycles. The zero-order chi connectivity index (χ0) is 20.8. The standard InChI is InChI=1S/C23H26N4O2S/c1-29-20-12-6-5-11-19(20)22-24-25-23(30-17-21(28)26-14-7-8-15-26)27(22)16-13-18-9-3-2-4-10-18/h2-6,9-12H,7-8,13-17H2,1H3. The maximum atomic E-state index is 12.5. The maximum absolute atomic E-state index is 12.5. The van der Waals surface area contributed by atoms with Crippen molar-refractivity contribution in [2.75, 3.05) is 26.0 Å². The monoisotopic (exact) mass is 422 g/mol. The third-order valence-corrected chi connectivity index (χ3v) is 6.27. The summed E-state index contributed by atoms with van der Waals surface area (Å²) < 4.78 is 7.65. The van der Waals surface area contributed by atoms with E-state index in [0.29, 0.717) is 5.75 Å². The quantitative estimate of drug-likeness (QED) is 0.515. The summed E-state index contributed by atoms with van der Waals surface area (Å²) in [7, 11) is 1.66. The molecule has 4 rings (SSSR count). The Balaban J connectivity index is 1.58. The number of hydrogen-bond acceptors (Lipinski definition) is 5. The highest BCUT2D eigenvalue weighted by atomic mass is 32.2. The van der Waals surface area contributed by atoms with Gasteiger partial charge in [-0.15, -0.1) is 10.2 Å². The lowest BCUT2D eigenvalue weighted by Crippen LogP contribution is -2.29. The molecule has 0 atom stereocenters. The first-order chi connectivity index (χ1) is 14.8. The molecule has 0 aliphatic carbocycles. The third-order valence-electron chi connectivity index (χ3n) is 5.32. The zero-order valence-corrected chi connectivity index (χ0v) is 18.0. The number of aromatic nitrogens is 3. The van der Waals surface area contributed by atoms with E-state index in [1.807, 2.05) is 47.4 Å². The first kappa shape index (κ1) is 20.5. The average molecular weight is 423 g/mol. The van der Waals surface area contributed by atoms with E-state index in [0.717, 1.165) is 61.2 Å². The second kappa shape index (κ2) is 9.80. The van der Waals surface area contributed by atoms with Crippen molar-refractivity contribution in [3.05, 3.63) is 60.2 Å². The highest BCUT2D eigenvalue weighted by Crippen LogP contribution is 2.31. The van der Waals surface area contributed by atoms with Gasteiger partial charge < -0.3 is 14.2 Å². The van der Waals surface area contributed by atoms with Crippen molar-refractivity contribution in [3.63, 3.8) is 0 Å². The zero-order valence-electron chi connectivity index (χ0n) is 17.2. The van der Waals surface area contributed by atoms with Crippen molar-refractivity contribution < 1.29 is 9.53 Å². The summed E-state index contributed by atoms with van der Waals surface area (Å²) in [4.78, 5) is 14.5. The highest BCUT2D eigenvalue weighted by molar-refractivity contribution is 7.99. The summed E-state index contributed by atoms with van der Waals surface area (Å²) in [6.45, 7) is 2.46. The number of methoxy groups -OCH3 is 1. The predicted molar refractivity (Wildman–Crippen MR) is 119 cm³/mol. The van der Waals surface area contributed by atoms with Gasteiger partial charge in [0.1, 0.15) is 5.75 Å². The number of para-hydroxylation sites is 1. The lowest BCUT2D eigenvalue weighted by Gasteiger charge is -2.15. The second-order valence-corrected chi connectivity index (χ2v) is 8.21. The summed E-state index contributed by atoms with van der Waals surface area (Å²) in [5.74, 6) is 2.08. The van der Waals surface area contributed by atoms with Crippen LogP contribution in [0.4, 0.5) is 0 Å². The number of aryl methyl sites for hydroxylation is 1. The van der Waals surface area contributed by atoms with Crippen LogP contribution in [0.3, 0.4) is 0 Å². The van der Waals surface area contributed by atoms with Crippen LogP contribution in [-0.2, 0) is 17.8 Å². The lowest BCUT2D eigenvalue weighted by molar-refractivity contribution is -0.127. The number of rotatable bonds is 8. The number of thioether (sulfide) groups is 1. The van der Waals surface area contributed by atoms with Crippen molar-refractivity contribution in [2.45, 2.75) is 31.0 Å². The smallest absolute Gasteiger partial charge is 0.233 e. The maximum Gasteiger partial charge on any atom is 0.233 e. The van der Waals surface area contributed by atoms with E-state index in [2.05, 4.69) is 26.9 Å². The minimum atomic E-state index is 0.175. The molecule has 0 saturated carbocycles. The molecule has 0 unspecified atom stereocenters. The van der Waals surface area contributed by atoms with Crippen LogP contribution < -0.4 is 4.74 Å². The van der Waals surface area contributed by atoms with Gasteiger partial charge >= 0.3 is 0 Å². The Kier molecular flexibility index (Phi) is 6.69. The fraction of sp³-hybridized carbons (Fsp3) is 0.348. The summed E-state index contributed by atoms with van der Waals surface area (Å²) >= 11 is 1.46. The Morgan fingerprint density at radius 1 is 1.03 bits per heavy atom. The van der Waals surface area contributed by atoms with Crippen LogP contribution in [0, 0.1) is 0 Å².